The number of carbonyl (C=O) groups excluding carboxylic acids is 1. The average molecular weight is 382 g/mol. The molecule has 3 saturated carbocycles. The lowest BCUT2D eigenvalue weighted by Crippen LogP contribution is -2.55. The zero-order chi connectivity index (χ0) is 19.5. The molecule has 5 aliphatic rings. The van der Waals surface area contributed by atoms with Crippen LogP contribution in [0, 0.1) is 35.0 Å². The Morgan fingerprint density at radius 2 is 2.21 bits per heavy atom. The second kappa shape index (κ2) is 6.33. The van der Waals surface area contributed by atoms with Gasteiger partial charge in [0.2, 0.25) is 0 Å². The highest BCUT2D eigenvalue weighted by molar-refractivity contribution is 5.96. The largest absolute Gasteiger partial charge is 0.451 e. The summed E-state index contributed by atoms with van der Waals surface area (Å²) in [6, 6.07) is 0. The lowest BCUT2D eigenvalue weighted by atomic mass is 9.47. The maximum absolute atomic E-state index is 12.0. The minimum atomic E-state index is -0.375. The van der Waals surface area contributed by atoms with Crippen LogP contribution in [0.1, 0.15) is 58.3 Å². The van der Waals surface area contributed by atoms with Gasteiger partial charge < -0.3 is 9.94 Å². The molecule has 1 aliphatic heterocycles. The second-order valence-corrected chi connectivity index (χ2v) is 9.64. The number of hydrogen-bond donors (Lipinski definition) is 1. The third kappa shape index (κ3) is 2.23. The van der Waals surface area contributed by atoms with Gasteiger partial charge in [0.1, 0.15) is 5.60 Å². The Bertz CT molecular complexity index is 796. The fourth-order valence-electron chi connectivity index (χ4n) is 8.07. The minimum Gasteiger partial charge on any atom is -0.451 e. The normalized spacial score (nSPS) is 48.0. The summed E-state index contributed by atoms with van der Waals surface area (Å²) >= 11 is 0. The molecule has 0 radical (unpaired) electrons. The molecular formula is C24H31NO3. The van der Waals surface area contributed by atoms with Gasteiger partial charge in [0.15, 0.2) is 0 Å². The van der Waals surface area contributed by atoms with Crippen molar-refractivity contribution in [2.75, 3.05) is 0 Å². The highest BCUT2D eigenvalue weighted by atomic mass is 16.6. The molecule has 3 unspecified atom stereocenters. The lowest BCUT2D eigenvalue weighted by molar-refractivity contribution is -0.165. The molecular weight excluding hydrogens is 350 g/mol. The summed E-state index contributed by atoms with van der Waals surface area (Å²) in [5.41, 5.74) is 1.99. The summed E-state index contributed by atoms with van der Waals surface area (Å²) in [5, 5.41) is 12.7. The van der Waals surface area contributed by atoms with Crippen LogP contribution in [-0.4, -0.2) is 22.5 Å². The van der Waals surface area contributed by atoms with E-state index in [2.05, 4.69) is 36.9 Å². The van der Waals surface area contributed by atoms with Crippen molar-refractivity contribution in [1.29, 1.82) is 0 Å². The number of oxime groups is 1. The van der Waals surface area contributed by atoms with Crippen LogP contribution < -0.4 is 0 Å². The number of allylic oxidation sites excluding steroid dienone is 3. The van der Waals surface area contributed by atoms with Crippen molar-refractivity contribution in [3.63, 3.8) is 0 Å². The summed E-state index contributed by atoms with van der Waals surface area (Å²) in [6.45, 7) is 6.50. The molecule has 7 atom stereocenters. The number of esters is 1. The number of rotatable bonds is 2. The Hall–Kier alpha value is -1.84. The highest BCUT2D eigenvalue weighted by Gasteiger charge is 2.67. The van der Waals surface area contributed by atoms with E-state index in [0.717, 1.165) is 50.7 Å². The van der Waals surface area contributed by atoms with E-state index < -0.39 is 0 Å². The van der Waals surface area contributed by atoms with E-state index in [0.29, 0.717) is 29.6 Å². The zero-order valence-corrected chi connectivity index (χ0v) is 16.8. The van der Waals surface area contributed by atoms with Crippen LogP contribution >= 0.6 is 0 Å². The maximum atomic E-state index is 12.0. The Morgan fingerprint density at radius 1 is 1.36 bits per heavy atom. The first-order valence-electron chi connectivity index (χ1n) is 11.0. The molecule has 150 valence electrons. The van der Waals surface area contributed by atoms with E-state index in [-0.39, 0.29) is 17.0 Å². The van der Waals surface area contributed by atoms with Gasteiger partial charge in [0, 0.05) is 11.5 Å². The van der Waals surface area contributed by atoms with Crippen LogP contribution in [0.2, 0.25) is 0 Å². The number of ether oxygens (including phenoxy) is 1. The molecule has 4 aliphatic carbocycles. The molecule has 0 saturated heterocycles. The fourth-order valence-corrected chi connectivity index (χ4v) is 8.07. The van der Waals surface area contributed by atoms with Gasteiger partial charge in [0.05, 0.1) is 5.71 Å². The van der Waals surface area contributed by atoms with Gasteiger partial charge >= 0.3 is 5.97 Å². The highest BCUT2D eigenvalue weighted by Crippen LogP contribution is 2.69. The number of nitrogens with zero attached hydrogens (tertiary/aromatic N) is 1. The van der Waals surface area contributed by atoms with E-state index in [9.17, 15) is 10.0 Å². The van der Waals surface area contributed by atoms with Crippen molar-refractivity contribution in [1.82, 2.24) is 0 Å². The molecule has 1 spiro atoms. The van der Waals surface area contributed by atoms with Crippen LogP contribution in [0.3, 0.4) is 0 Å². The molecule has 1 N–H and O–H groups in total. The van der Waals surface area contributed by atoms with E-state index in [1.165, 1.54) is 12.0 Å². The van der Waals surface area contributed by atoms with Gasteiger partial charge in [0.25, 0.3) is 0 Å². The van der Waals surface area contributed by atoms with E-state index in [1.54, 1.807) is 6.08 Å². The van der Waals surface area contributed by atoms with Gasteiger partial charge in [-0.25, -0.2) is 4.79 Å². The summed E-state index contributed by atoms with van der Waals surface area (Å²) in [4.78, 5) is 12.0. The Labute approximate surface area is 167 Å². The quantitative estimate of drug-likeness (QED) is 0.315. The molecule has 0 bridgehead atoms. The number of fused-ring (bicyclic) bond motifs is 6. The summed E-state index contributed by atoms with van der Waals surface area (Å²) in [5.74, 6) is 2.78. The van der Waals surface area contributed by atoms with Crippen molar-refractivity contribution in [2.45, 2.75) is 63.9 Å². The van der Waals surface area contributed by atoms with Crippen molar-refractivity contribution < 1.29 is 14.7 Å². The van der Waals surface area contributed by atoms with Crippen LogP contribution in [0.15, 0.2) is 41.6 Å². The van der Waals surface area contributed by atoms with Gasteiger partial charge in [-0.05, 0) is 93.1 Å². The molecule has 5 rings (SSSR count). The third-order valence-electron chi connectivity index (χ3n) is 9.12. The van der Waals surface area contributed by atoms with E-state index in [1.807, 2.05) is 0 Å². The molecule has 0 aromatic rings. The van der Waals surface area contributed by atoms with Gasteiger partial charge in [-0.3, -0.25) is 0 Å². The van der Waals surface area contributed by atoms with Gasteiger partial charge in [-0.1, -0.05) is 23.7 Å². The van der Waals surface area contributed by atoms with Crippen LogP contribution in [0.4, 0.5) is 0 Å². The summed E-state index contributed by atoms with van der Waals surface area (Å²) in [6.07, 6.45) is 16.6. The first kappa shape index (κ1) is 18.2. The average Bonchev–Trinajstić information content (AvgIpc) is 3.27. The number of carbonyl (C=O) groups is 1. The lowest BCUT2D eigenvalue weighted by Gasteiger charge is -2.58. The van der Waals surface area contributed by atoms with Gasteiger partial charge in [-0.15, -0.1) is 6.58 Å². The molecule has 4 heteroatoms. The molecule has 0 aromatic heterocycles. The zero-order valence-electron chi connectivity index (χ0n) is 16.8. The molecule has 0 amide bonds. The van der Waals surface area contributed by atoms with Crippen molar-refractivity contribution in [2.24, 2.45) is 40.2 Å². The van der Waals surface area contributed by atoms with Gasteiger partial charge in [-0.2, -0.15) is 0 Å². The SMILES string of the molecule is C=C[C@H]1CC2=C/C(=N/O)CC[C@@H]2C2CC[C@@]3(CC)C(CC[C@@]34C=CC(=O)O4)C21. The van der Waals surface area contributed by atoms with Crippen molar-refractivity contribution in [3.8, 4) is 0 Å². The molecule has 1 heterocycles. The van der Waals surface area contributed by atoms with Crippen molar-refractivity contribution >= 4 is 11.7 Å². The number of hydrogen-bond acceptors (Lipinski definition) is 4. The standard InChI is InChI=1S/C24H31NO3/c1-3-15-13-16-14-17(25-27)5-6-18(16)19-7-10-23(4-2)20(22(15)19)8-11-24(23)12-9-21(26)28-24/h3,9,12,14-15,18-20,22,27H,1,4-8,10-11,13H2,2H3/b25-17+/t15-,18-,19?,20?,22?,23-,24+/m0/s1. The first-order valence-corrected chi connectivity index (χ1v) is 11.0. The third-order valence-corrected chi connectivity index (χ3v) is 9.12. The maximum Gasteiger partial charge on any atom is 0.331 e. The fraction of sp³-hybridized carbons (Fsp3) is 0.667. The Kier molecular flexibility index (Phi) is 4.12. The smallest absolute Gasteiger partial charge is 0.331 e. The first-order chi connectivity index (χ1) is 13.6. The monoisotopic (exact) mass is 381 g/mol. The second-order valence-electron chi connectivity index (χ2n) is 9.64. The minimum absolute atomic E-state index is 0.0751. The summed E-state index contributed by atoms with van der Waals surface area (Å²) < 4.78 is 6.03. The van der Waals surface area contributed by atoms with Crippen LogP contribution in [0.5, 0.6) is 0 Å². The molecule has 3 fully saturated rings. The Balaban J connectivity index is 1.54. The van der Waals surface area contributed by atoms with E-state index >= 15 is 0 Å². The predicted octanol–water partition coefficient (Wildman–Crippen LogP) is 5.04. The van der Waals surface area contributed by atoms with Crippen LogP contribution in [0.25, 0.3) is 0 Å². The molecule has 0 aromatic carbocycles. The Morgan fingerprint density at radius 3 is 2.89 bits per heavy atom. The van der Waals surface area contributed by atoms with Crippen LogP contribution in [-0.2, 0) is 9.53 Å². The topological polar surface area (TPSA) is 58.9 Å². The predicted molar refractivity (Wildman–Crippen MR) is 108 cm³/mol. The molecule has 4 nitrogen and oxygen atoms in total. The summed E-state index contributed by atoms with van der Waals surface area (Å²) in [7, 11) is 0. The molecule has 28 heavy (non-hydrogen) atoms. The van der Waals surface area contributed by atoms with E-state index in [4.69, 9.17) is 4.74 Å². The van der Waals surface area contributed by atoms with Crippen molar-refractivity contribution in [3.05, 3.63) is 36.5 Å².